The van der Waals surface area contributed by atoms with Gasteiger partial charge < -0.3 is 9.88 Å². The summed E-state index contributed by atoms with van der Waals surface area (Å²) in [4.78, 5) is 16.4. The number of hydrogen-bond acceptors (Lipinski definition) is 4. The fourth-order valence-electron chi connectivity index (χ4n) is 2.35. The smallest absolute Gasteiger partial charge is 0.238 e. The van der Waals surface area contributed by atoms with Gasteiger partial charge in [0.2, 0.25) is 5.91 Å². The standard InChI is InChI=1S/C14H18N4OS/c1-9-17-11-5-10(3-4-13(11)18(9)2)6-15-14(19)12-7-20-8-16-12/h3-5,12,16H,6-8H2,1-2H3,(H,15,19). The monoisotopic (exact) mass is 290 g/mol. The lowest BCUT2D eigenvalue weighted by Gasteiger charge is -2.10. The van der Waals surface area contributed by atoms with E-state index < -0.39 is 0 Å². The minimum atomic E-state index is -0.0548. The van der Waals surface area contributed by atoms with Crippen LogP contribution in [0.15, 0.2) is 18.2 Å². The molecule has 1 aromatic heterocycles. The third-order valence-electron chi connectivity index (χ3n) is 3.67. The Morgan fingerprint density at radius 3 is 3.20 bits per heavy atom. The van der Waals surface area contributed by atoms with Crippen LogP contribution in [0.5, 0.6) is 0 Å². The Labute approximate surface area is 122 Å². The summed E-state index contributed by atoms with van der Waals surface area (Å²) < 4.78 is 2.07. The predicted octanol–water partition coefficient (Wildman–Crippen LogP) is 1.16. The highest BCUT2D eigenvalue weighted by molar-refractivity contribution is 7.99. The van der Waals surface area contributed by atoms with E-state index in [2.05, 4.69) is 26.3 Å². The average molecular weight is 290 g/mol. The minimum Gasteiger partial charge on any atom is -0.351 e. The zero-order valence-electron chi connectivity index (χ0n) is 11.6. The molecule has 6 heteroatoms. The largest absolute Gasteiger partial charge is 0.351 e. The molecule has 2 heterocycles. The quantitative estimate of drug-likeness (QED) is 0.890. The lowest BCUT2D eigenvalue weighted by Crippen LogP contribution is -2.41. The van der Waals surface area contributed by atoms with E-state index in [1.165, 1.54) is 0 Å². The number of hydrogen-bond donors (Lipinski definition) is 2. The summed E-state index contributed by atoms with van der Waals surface area (Å²) >= 11 is 1.75. The van der Waals surface area contributed by atoms with Crippen molar-refractivity contribution in [2.45, 2.75) is 19.5 Å². The van der Waals surface area contributed by atoms with E-state index in [1.807, 2.05) is 26.1 Å². The molecule has 0 saturated carbocycles. The van der Waals surface area contributed by atoms with Crippen molar-refractivity contribution in [2.75, 3.05) is 11.6 Å². The number of nitrogens with zero attached hydrogens (tertiary/aromatic N) is 2. The molecule has 0 aliphatic carbocycles. The Balaban J connectivity index is 1.69. The van der Waals surface area contributed by atoms with E-state index in [9.17, 15) is 4.79 Å². The molecule has 1 aliphatic heterocycles. The van der Waals surface area contributed by atoms with Gasteiger partial charge in [0.15, 0.2) is 0 Å². The fourth-order valence-corrected chi connectivity index (χ4v) is 3.29. The van der Waals surface area contributed by atoms with Crippen molar-refractivity contribution in [3.05, 3.63) is 29.6 Å². The molecular weight excluding hydrogens is 272 g/mol. The van der Waals surface area contributed by atoms with Crippen LogP contribution < -0.4 is 10.6 Å². The number of nitrogens with one attached hydrogen (secondary N) is 2. The van der Waals surface area contributed by atoms with Crippen LogP contribution in [-0.2, 0) is 18.4 Å². The number of aryl methyl sites for hydroxylation is 2. The van der Waals surface area contributed by atoms with Crippen molar-refractivity contribution in [3.63, 3.8) is 0 Å². The molecule has 0 spiro atoms. The topological polar surface area (TPSA) is 59.0 Å². The summed E-state index contributed by atoms with van der Waals surface area (Å²) in [5.41, 5.74) is 3.17. The maximum Gasteiger partial charge on any atom is 0.238 e. The van der Waals surface area contributed by atoms with E-state index in [4.69, 9.17) is 0 Å². The van der Waals surface area contributed by atoms with Crippen molar-refractivity contribution in [1.29, 1.82) is 0 Å². The Morgan fingerprint density at radius 2 is 2.45 bits per heavy atom. The van der Waals surface area contributed by atoms with Crippen LogP contribution in [0, 0.1) is 6.92 Å². The lowest BCUT2D eigenvalue weighted by atomic mass is 10.2. The van der Waals surface area contributed by atoms with E-state index in [0.29, 0.717) is 6.54 Å². The molecule has 1 aliphatic rings. The Kier molecular flexibility index (Phi) is 3.67. The summed E-state index contributed by atoms with van der Waals surface area (Å²) in [7, 11) is 2.01. The summed E-state index contributed by atoms with van der Waals surface area (Å²) in [6.45, 7) is 2.54. The molecule has 1 unspecified atom stereocenters. The molecule has 2 N–H and O–H groups in total. The molecule has 1 fully saturated rings. The zero-order chi connectivity index (χ0) is 14.1. The maximum absolute atomic E-state index is 11.9. The second kappa shape index (κ2) is 5.46. The van der Waals surface area contributed by atoms with Crippen molar-refractivity contribution in [1.82, 2.24) is 20.2 Å². The van der Waals surface area contributed by atoms with E-state index >= 15 is 0 Å². The second-order valence-corrected chi connectivity index (χ2v) is 6.06. The number of imidazole rings is 1. The predicted molar refractivity (Wildman–Crippen MR) is 81.5 cm³/mol. The van der Waals surface area contributed by atoms with E-state index in [1.54, 1.807) is 11.8 Å². The molecule has 106 valence electrons. The van der Waals surface area contributed by atoms with Crippen LogP contribution in [0.25, 0.3) is 11.0 Å². The van der Waals surface area contributed by atoms with Crippen molar-refractivity contribution in [3.8, 4) is 0 Å². The highest BCUT2D eigenvalue weighted by atomic mass is 32.2. The molecule has 2 aromatic rings. The lowest BCUT2D eigenvalue weighted by molar-refractivity contribution is -0.122. The highest BCUT2D eigenvalue weighted by Crippen LogP contribution is 2.16. The Bertz CT molecular complexity index is 646. The second-order valence-electron chi connectivity index (χ2n) is 5.03. The number of rotatable bonds is 3. The first-order chi connectivity index (χ1) is 9.65. The molecule has 1 atom stereocenters. The van der Waals surface area contributed by atoms with Crippen LogP contribution in [-0.4, -0.2) is 33.1 Å². The van der Waals surface area contributed by atoms with E-state index in [0.717, 1.165) is 34.1 Å². The number of aromatic nitrogens is 2. The molecule has 0 bridgehead atoms. The number of carbonyl (C=O) groups is 1. The Morgan fingerprint density at radius 1 is 1.60 bits per heavy atom. The number of fused-ring (bicyclic) bond motifs is 1. The fraction of sp³-hybridized carbons (Fsp3) is 0.429. The zero-order valence-corrected chi connectivity index (χ0v) is 12.5. The summed E-state index contributed by atoms with van der Waals surface area (Å²) in [5, 5.41) is 6.15. The third-order valence-corrected chi connectivity index (χ3v) is 4.61. The normalized spacial score (nSPS) is 18.6. The van der Waals surface area contributed by atoms with Gasteiger partial charge in [-0.15, -0.1) is 11.8 Å². The molecule has 3 rings (SSSR count). The van der Waals surface area contributed by atoms with E-state index in [-0.39, 0.29) is 11.9 Å². The first-order valence-corrected chi connectivity index (χ1v) is 7.81. The van der Waals surface area contributed by atoms with Crippen LogP contribution in [0.1, 0.15) is 11.4 Å². The minimum absolute atomic E-state index is 0.0548. The highest BCUT2D eigenvalue weighted by Gasteiger charge is 2.21. The van der Waals surface area contributed by atoms with Crippen LogP contribution >= 0.6 is 11.8 Å². The first kappa shape index (κ1) is 13.5. The van der Waals surface area contributed by atoms with Gasteiger partial charge in [-0.25, -0.2) is 4.98 Å². The first-order valence-electron chi connectivity index (χ1n) is 6.66. The Hall–Kier alpha value is -1.53. The molecule has 5 nitrogen and oxygen atoms in total. The number of thioether (sulfide) groups is 1. The summed E-state index contributed by atoms with van der Waals surface area (Å²) in [5.74, 6) is 2.78. The molecule has 1 amide bonds. The molecular formula is C14H18N4OS. The SMILES string of the molecule is Cc1nc2cc(CNC(=O)C3CSCN3)ccc2n1C. The van der Waals surface area contributed by atoms with Gasteiger partial charge in [0.1, 0.15) is 5.82 Å². The van der Waals surface area contributed by atoms with Gasteiger partial charge in [-0.05, 0) is 24.6 Å². The van der Waals surface area contributed by atoms with Crippen LogP contribution in [0.3, 0.4) is 0 Å². The van der Waals surface area contributed by atoms with Crippen LogP contribution in [0.2, 0.25) is 0 Å². The van der Waals surface area contributed by atoms with Gasteiger partial charge in [-0.1, -0.05) is 6.07 Å². The van der Waals surface area contributed by atoms with Crippen LogP contribution in [0.4, 0.5) is 0 Å². The van der Waals surface area contributed by atoms with Gasteiger partial charge in [0.25, 0.3) is 0 Å². The summed E-state index contributed by atoms with van der Waals surface area (Å²) in [6, 6.07) is 6.08. The van der Waals surface area contributed by atoms with Crippen molar-refractivity contribution >= 4 is 28.7 Å². The molecule has 1 aromatic carbocycles. The van der Waals surface area contributed by atoms with Gasteiger partial charge in [0.05, 0.1) is 17.1 Å². The number of benzene rings is 1. The van der Waals surface area contributed by atoms with Gasteiger partial charge in [-0.3, -0.25) is 10.1 Å². The molecule has 1 saturated heterocycles. The third kappa shape index (κ3) is 2.53. The maximum atomic E-state index is 11.9. The number of amides is 1. The van der Waals surface area contributed by atoms with Gasteiger partial charge >= 0.3 is 0 Å². The van der Waals surface area contributed by atoms with Gasteiger partial charge in [0, 0.05) is 25.2 Å². The molecule has 0 radical (unpaired) electrons. The van der Waals surface area contributed by atoms with Crippen molar-refractivity contribution < 1.29 is 4.79 Å². The molecule has 20 heavy (non-hydrogen) atoms. The van der Waals surface area contributed by atoms with Crippen molar-refractivity contribution in [2.24, 2.45) is 7.05 Å². The summed E-state index contributed by atoms with van der Waals surface area (Å²) in [6.07, 6.45) is 0. The average Bonchev–Trinajstić information content (AvgIpc) is 3.06. The van der Waals surface area contributed by atoms with Gasteiger partial charge in [-0.2, -0.15) is 0 Å². The number of carbonyl (C=O) groups excluding carboxylic acids is 1.